The molecule has 0 saturated carbocycles. The third-order valence-corrected chi connectivity index (χ3v) is 4.25. The van der Waals surface area contributed by atoms with Crippen LogP contribution in [0.1, 0.15) is 6.42 Å². The fourth-order valence-electron chi connectivity index (χ4n) is 1.80. The fraction of sp³-hybridized carbons (Fsp3) is 0.625. The number of carbonyl (C=O) groups is 2. The number of hydrogen-bond acceptors (Lipinski definition) is 5. The predicted molar refractivity (Wildman–Crippen MR) is 59.6 cm³/mol. The Morgan fingerprint density at radius 1 is 1.47 bits per heavy atom. The number of thioether (sulfide) groups is 1. The van der Waals surface area contributed by atoms with E-state index in [0.29, 0.717) is 5.17 Å². The van der Waals surface area contributed by atoms with Crippen molar-refractivity contribution in [2.24, 2.45) is 10.9 Å². The monoisotopic (exact) mass is 280 g/mol. The van der Waals surface area contributed by atoms with Crippen LogP contribution in [0.15, 0.2) is 4.99 Å². The Morgan fingerprint density at radius 3 is 2.71 bits per heavy atom. The van der Waals surface area contributed by atoms with Gasteiger partial charge < -0.3 is 0 Å². The number of hydrogen-bond donors (Lipinski definition) is 0. The second kappa shape index (κ2) is 4.37. The molecule has 2 aliphatic heterocycles. The van der Waals surface area contributed by atoms with E-state index in [9.17, 15) is 21.9 Å². The van der Waals surface area contributed by atoms with Crippen LogP contribution in [0, 0.1) is 5.92 Å². The summed E-state index contributed by atoms with van der Waals surface area (Å²) in [5, 5.41) is 0.291. The first-order chi connectivity index (χ1) is 7.85. The second-order valence-electron chi connectivity index (χ2n) is 3.86. The maximum atomic E-state index is 12.5. The van der Waals surface area contributed by atoms with Crippen molar-refractivity contribution >= 4 is 39.0 Å². The lowest BCUT2D eigenvalue weighted by Gasteiger charge is -2.14. The Morgan fingerprint density at radius 2 is 2.18 bits per heavy atom. The summed E-state index contributed by atoms with van der Waals surface area (Å²) < 4.78 is 33.5. The summed E-state index contributed by atoms with van der Waals surface area (Å²) in [5.41, 5.74) is 0. The van der Waals surface area contributed by atoms with Gasteiger partial charge in [0.25, 0.3) is 5.91 Å². The second-order valence-corrected chi connectivity index (χ2v) is 6.21. The summed E-state index contributed by atoms with van der Waals surface area (Å²) in [4.78, 5) is 27.4. The average molecular weight is 280 g/mol. The van der Waals surface area contributed by atoms with E-state index in [1.807, 2.05) is 0 Å². The quantitative estimate of drug-likeness (QED) is 0.652. The predicted octanol–water partition coefficient (Wildman–Crippen LogP) is -0.236. The van der Waals surface area contributed by atoms with Gasteiger partial charge in [-0.05, 0) is 0 Å². The highest BCUT2D eigenvalue weighted by atomic mass is 32.3. The zero-order chi connectivity index (χ0) is 12.6. The van der Waals surface area contributed by atoms with Crippen LogP contribution < -0.4 is 0 Å². The van der Waals surface area contributed by atoms with Crippen molar-refractivity contribution in [3.63, 3.8) is 0 Å². The minimum atomic E-state index is -4.58. The molecule has 2 amide bonds. The van der Waals surface area contributed by atoms with Crippen LogP contribution in [-0.2, 0) is 19.8 Å². The Hall–Kier alpha value is -0.960. The van der Waals surface area contributed by atoms with Gasteiger partial charge in [0.15, 0.2) is 5.17 Å². The molecule has 17 heavy (non-hydrogen) atoms. The smallest absolute Gasteiger partial charge is 0.291 e. The van der Waals surface area contributed by atoms with Gasteiger partial charge >= 0.3 is 10.2 Å². The van der Waals surface area contributed by atoms with Crippen LogP contribution >= 0.6 is 11.8 Å². The largest absolute Gasteiger partial charge is 0.302 e. The van der Waals surface area contributed by atoms with E-state index in [2.05, 4.69) is 4.99 Å². The fourth-order valence-corrected chi connectivity index (χ4v) is 3.40. The molecule has 1 fully saturated rings. The van der Waals surface area contributed by atoms with E-state index in [1.54, 1.807) is 0 Å². The summed E-state index contributed by atoms with van der Waals surface area (Å²) in [5.74, 6) is -1.69. The summed E-state index contributed by atoms with van der Waals surface area (Å²) in [6.07, 6.45) is -0.0308. The van der Waals surface area contributed by atoms with Gasteiger partial charge in [0.2, 0.25) is 5.91 Å². The maximum Gasteiger partial charge on any atom is 0.302 e. The number of halogens is 1. The SMILES string of the molecule is O=C1CSC(N2CC(CS(=O)(=O)F)CC2=O)=N1. The molecule has 9 heteroatoms. The van der Waals surface area contributed by atoms with Crippen molar-refractivity contribution in [1.82, 2.24) is 4.90 Å². The molecule has 0 spiro atoms. The highest BCUT2D eigenvalue weighted by molar-refractivity contribution is 8.14. The zero-order valence-electron chi connectivity index (χ0n) is 8.63. The molecule has 2 rings (SSSR count). The molecular weight excluding hydrogens is 271 g/mol. The molecule has 0 bridgehead atoms. The lowest BCUT2D eigenvalue weighted by atomic mass is 10.1. The Balaban J connectivity index is 2.06. The van der Waals surface area contributed by atoms with E-state index in [0.717, 1.165) is 11.8 Å². The molecule has 6 nitrogen and oxygen atoms in total. The number of aliphatic imine (C=N–C) groups is 1. The summed E-state index contributed by atoms with van der Waals surface area (Å²) in [6, 6.07) is 0. The van der Waals surface area contributed by atoms with Crippen LogP contribution in [0.5, 0.6) is 0 Å². The van der Waals surface area contributed by atoms with E-state index in [-0.39, 0.29) is 30.5 Å². The Bertz CT molecular complexity index is 502. The topological polar surface area (TPSA) is 83.9 Å². The van der Waals surface area contributed by atoms with Crippen molar-refractivity contribution in [3.05, 3.63) is 0 Å². The lowest BCUT2D eigenvalue weighted by Crippen LogP contribution is -2.29. The highest BCUT2D eigenvalue weighted by Crippen LogP contribution is 2.26. The molecule has 2 aliphatic rings. The van der Waals surface area contributed by atoms with Crippen LogP contribution in [0.3, 0.4) is 0 Å². The van der Waals surface area contributed by atoms with Gasteiger partial charge in [-0.2, -0.15) is 13.4 Å². The highest BCUT2D eigenvalue weighted by Gasteiger charge is 2.37. The summed E-state index contributed by atoms with van der Waals surface area (Å²) >= 11 is 1.13. The molecule has 0 N–H and O–H groups in total. The van der Waals surface area contributed by atoms with E-state index in [1.165, 1.54) is 4.90 Å². The van der Waals surface area contributed by atoms with Gasteiger partial charge in [0.1, 0.15) is 0 Å². The van der Waals surface area contributed by atoms with Crippen LogP contribution in [-0.4, -0.2) is 48.4 Å². The van der Waals surface area contributed by atoms with Crippen molar-refractivity contribution in [2.45, 2.75) is 6.42 Å². The zero-order valence-corrected chi connectivity index (χ0v) is 10.3. The van der Waals surface area contributed by atoms with Gasteiger partial charge in [-0.15, -0.1) is 3.89 Å². The first-order valence-electron chi connectivity index (χ1n) is 4.82. The number of rotatable bonds is 2. The molecule has 1 unspecified atom stereocenters. The summed E-state index contributed by atoms with van der Waals surface area (Å²) in [6.45, 7) is 0.0983. The van der Waals surface area contributed by atoms with E-state index >= 15 is 0 Å². The van der Waals surface area contributed by atoms with Crippen LogP contribution in [0.4, 0.5) is 3.89 Å². The molecule has 2 heterocycles. The molecule has 0 aliphatic carbocycles. The normalized spacial score (nSPS) is 25.6. The standard InChI is InChI=1S/C8H9FN2O4S2/c9-17(14,15)4-5-1-7(13)11(2-5)8-10-6(12)3-16-8/h5H,1-4H2. The van der Waals surface area contributed by atoms with Crippen molar-refractivity contribution in [2.75, 3.05) is 18.1 Å². The Kier molecular flexibility index (Phi) is 3.21. The van der Waals surface area contributed by atoms with Gasteiger partial charge in [0, 0.05) is 18.9 Å². The van der Waals surface area contributed by atoms with Gasteiger partial charge in [-0.3, -0.25) is 14.5 Å². The first kappa shape index (κ1) is 12.5. The minimum Gasteiger partial charge on any atom is -0.291 e. The molecule has 0 radical (unpaired) electrons. The molecule has 0 aromatic heterocycles. The van der Waals surface area contributed by atoms with Crippen molar-refractivity contribution in [3.8, 4) is 0 Å². The van der Waals surface area contributed by atoms with E-state index in [4.69, 9.17) is 0 Å². The molecular formula is C8H9FN2O4S2. The number of carbonyl (C=O) groups excluding carboxylic acids is 2. The number of amides is 2. The molecule has 0 aromatic rings. The average Bonchev–Trinajstić information content (AvgIpc) is 2.70. The lowest BCUT2D eigenvalue weighted by molar-refractivity contribution is -0.124. The van der Waals surface area contributed by atoms with Crippen molar-refractivity contribution in [1.29, 1.82) is 0 Å². The third-order valence-electron chi connectivity index (χ3n) is 2.42. The molecule has 1 atom stereocenters. The van der Waals surface area contributed by atoms with Gasteiger partial charge in [-0.25, -0.2) is 0 Å². The van der Waals surface area contributed by atoms with E-state index < -0.39 is 21.9 Å². The van der Waals surface area contributed by atoms with Crippen LogP contribution in [0.25, 0.3) is 0 Å². The molecule has 1 saturated heterocycles. The van der Waals surface area contributed by atoms with Crippen LogP contribution in [0.2, 0.25) is 0 Å². The molecule has 94 valence electrons. The number of likely N-dealkylation sites (tertiary alicyclic amines) is 1. The number of amidine groups is 1. The number of nitrogens with zero attached hydrogens (tertiary/aromatic N) is 2. The minimum absolute atomic E-state index is 0.0308. The molecule has 0 aromatic carbocycles. The van der Waals surface area contributed by atoms with Gasteiger partial charge in [-0.1, -0.05) is 11.8 Å². The Labute approximate surface area is 101 Å². The first-order valence-corrected chi connectivity index (χ1v) is 7.36. The van der Waals surface area contributed by atoms with Crippen molar-refractivity contribution < 1.29 is 21.9 Å². The maximum absolute atomic E-state index is 12.5. The third kappa shape index (κ3) is 3.03. The van der Waals surface area contributed by atoms with Gasteiger partial charge in [0.05, 0.1) is 11.5 Å². The summed E-state index contributed by atoms with van der Waals surface area (Å²) in [7, 11) is -4.58.